The Labute approximate surface area is 67.9 Å². The molecule has 0 atom stereocenters. The highest BCUT2D eigenvalue weighted by Crippen LogP contribution is 2.17. The number of aromatic nitrogens is 3. The Morgan fingerprint density at radius 2 is 2.00 bits per heavy atom. The summed E-state index contributed by atoms with van der Waals surface area (Å²) in [4.78, 5) is 7.98. The standard InChI is InChI=1S/C7H5N3S/c1-3-8-4-2-6(1)7-9-5-10-11-7/h1-5H. The van der Waals surface area contributed by atoms with E-state index in [-0.39, 0.29) is 0 Å². The Hall–Kier alpha value is -1.29. The molecule has 0 spiro atoms. The highest BCUT2D eigenvalue weighted by molar-refractivity contribution is 7.09. The summed E-state index contributed by atoms with van der Waals surface area (Å²) in [5.74, 6) is 0. The monoisotopic (exact) mass is 163 g/mol. The van der Waals surface area contributed by atoms with E-state index in [0.29, 0.717) is 0 Å². The average molecular weight is 163 g/mol. The molecule has 0 unspecified atom stereocenters. The lowest BCUT2D eigenvalue weighted by molar-refractivity contribution is 1.30. The molecule has 2 aromatic rings. The average Bonchev–Trinajstić information content (AvgIpc) is 2.58. The van der Waals surface area contributed by atoms with Gasteiger partial charge in [0.25, 0.3) is 0 Å². The minimum absolute atomic E-state index is 0.937. The van der Waals surface area contributed by atoms with Gasteiger partial charge in [-0.2, -0.15) is 4.37 Å². The van der Waals surface area contributed by atoms with Crippen LogP contribution in [0, 0.1) is 0 Å². The lowest BCUT2D eigenvalue weighted by atomic mass is 10.3. The molecule has 0 fully saturated rings. The van der Waals surface area contributed by atoms with Gasteiger partial charge in [-0.05, 0) is 23.7 Å². The van der Waals surface area contributed by atoms with Gasteiger partial charge in [-0.1, -0.05) is 0 Å². The van der Waals surface area contributed by atoms with E-state index in [9.17, 15) is 0 Å². The third-order valence-electron chi connectivity index (χ3n) is 1.29. The van der Waals surface area contributed by atoms with Gasteiger partial charge in [0.2, 0.25) is 0 Å². The van der Waals surface area contributed by atoms with Crippen LogP contribution < -0.4 is 0 Å². The maximum atomic E-state index is 4.07. The van der Waals surface area contributed by atoms with Crippen LogP contribution in [-0.2, 0) is 0 Å². The van der Waals surface area contributed by atoms with Crippen molar-refractivity contribution in [1.82, 2.24) is 14.3 Å². The lowest BCUT2D eigenvalue weighted by Crippen LogP contribution is -1.74. The van der Waals surface area contributed by atoms with E-state index in [2.05, 4.69) is 14.3 Å². The minimum atomic E-state index is 0.937. The largest absolute Gasteiger partial charge is 0.265 e. The van der Waals surface area contributed by atoms with Gasteiger partial charge in [0.05, 0.1) is 0 Å². The van der Waals surface area contributed by atoms with Gasteiger partial charge in [0.15, 0.2) is 0 Å². The van der Waals surface area contributed by atoms with Crippen LogP contribution in [0.15, 0.2) is 30.9 Å². The topological polar surface area (TPSA) is 38.7 Å². The second-order valence-corrected chi connectivity index (χ2v) is 2.76. The van der Waals surface area contributed by atoms with Crippen LogP contribution in [0.3, 0.4) is 0 Å². The van der Waals surface area contributed by atoms with Crippen molar-refractivity contribution in [3.8, 4) is 10.6 Å². The van der Waals surface area contributed by atoms with E-state index in [1.165, 1.54) is 11.5 Å². The normalized spacial score (nSPS) is 9.82. The van der Waals surface area contributed by atoms with Crippen LogP contribution in [0.4, 0.5) is 0 Å². The molecule has 0 radical (unpaired) electrons. The summed E-state index contributed by atoms with van der Waals surface area (Å²) in [6.45, 7) is 0. The zero-order valence-electron chi connectivity index (χ0n) is 5.64. The predicted molar refractivity (Wildman–Crippen MR) is 43.1 cm³/mol. The lowest BCUT2D eigenvalue weighted by Gasteiger charge is -1.90. The summed E-state index contributed by atoms with van der Waals surface area (Å²) in [5, 5.41) is 0.937. The van der Waals surface area contributed by atoms with Crippen molar-refractivity contribution in [2.24, 2.45) is 0 Å². The van der Waals surface area contributed by atoms with Crippen molar-refractivity contribution in [3.05, 3.63) is 30.9 Å². The van der Waals surface area contributed by atoms with Gasteiger partial charge in [-0.3, -0.25) is 4.98 Å². The van der Waals surface area contributed by atoms with Crippen LogP contribution in [0.5, 0.6) is 0 Å². The van der Waals surface area contributed by atoms with E-state index in [1.807, 2.05) is 12.1 Å². The fraction of sp³-hybridized carbons (Fsp3) is 0. The molecule has 0 aliphatic rings. The number of hydrogen-bond acceptors (Lipinski definition) is 4. The molecule has 11 heavy (non-hydrogen) atoms. The van der Waals surface area contributed by atoms with Gasteiger partial charge in [0, 0.05) is 18.0 Å². The van der Waals surface area contributed by atoms with E-state index >= 15 is 0 Å². The maximum absolute atomic E-state index is 4.07. The van der Waals surface area contributed by atoms with E-state index in [4.69, 9.17) is 0 Å². The van der Waals surface area contributed by atoms with Crippen molar-refractivity contribution in [1.29, 1.82) is 0 Å². The van der Waals surface area contributed by atoms with Gasteiger partial charge in [0.1, 0.15) is 11.3 Å². The Morgan fingerprint density at radius 1 is 1.18 bits per heavy atom. The van der Waals surface area contributed by atoms with Gasteiger partial charge >= 0.3 is 0 Å². The second-order valence-electron chi connectivity index (χ2n) is 1.98. The van der Waals surface area contributed by atoms with Crippen LogP contribution in [-0.4, -0.2) is 14.3 Å². The van der Waals surface area contributed by atoms with E-state index in [1.54, 1.807) is 18.7 Å². The fourth-order valence-corrected chi connectivity index (χ4v) is 1.32. The van der Waals surface area contributed by atoms with Gasteiger partial charge in [-0.15, -0.1) is 0 Å². The molecular weight excluding hydrogens is 158 g/mol. The molecule has 0 aliphatic heterocycles. The van der Waals surface area contributed by atoms with Crippen LogP contribution in [0.25, 0.3) is 10.6 Å². The first-order valence-electron chi connectivity index (χ1n) is 3.14. The van der Waals surface area contributed by atoms with Crippen molar-refractivity contribution < 1.29 is 0 Å². The molecule has 0 aliphatic carbocycles. The first-order chi connectivity index (χ1) is 5.47. The molecule has 4 heteroatoms. The fourth-order valence-electron chi connectivity index (χ4n) is 0.795. The number of pyridine rings is 1. The van der Waals surface area contributed by atoms with Crippen LogP contribution in [0.1, 0.15) is 0 Å². The molecule has 0 N–H and O–H groups in total. The molecule has 0 bridgehead atoms. The zero-order chi connectivity index (χ0) is 7.52. The highest BCUT2D eigenvalue weighted by Gasteiger charge is 1.97. The molecule has 0 saturated heterocycles. The second kappa shape index (κ2) is 2.75. The SMILES string of the molecule is c1cc(-c2ncns2)ccn1. The Kier molecular flexibility index (Phi) is 1.61. The van der Waals surface area contributed by atoms with Crippen molar-refractivity contribution in [2.45, 2.75) is 0 Å². The van der Waals surface area contributed by atoms with Crippen molar-refractivity contribution in [3.63, 3.8) is 0 Å². The number of hydrogen-bond donors (Lipinski definition) is 0. The highest BCUT2D eigenvalue weighted by atomic mass is 32.1. The summed E-state index contributed by atoms with van der Waals surface area (Å²) < 4.78 is 3.91. The molecule has 0 saturated carbocycles. The maximum Gasteiger partial charge on any atom is 0.143 e. The third kappa shape index (κ3) is 1.25. The Bertz CT molecular complexity index is 317. The van der Waals surface area contributed by atoms with E-state index in [0.717, 1.165) is 10.6 Å². The molecule has 0 aromatic carbocycles. The Balaban J connectivity index is 2.46. The minimum Gasteiger partial charge on any atom is -0.265 e. The molecular formula is C7H5N3S. The summed E-state index contributed by atoms with van der Waals surface area (Å²) >= 11 is 1.39. The number of nitrogens with zero attached hydrogens (tertiary/aromatic N) is 3. The Morgan fingerprint density at radius 3 is 2.64 bits per heavy atom. The first-order valence-corrected chi connectivity index (χ1v) is 3.91. The summed E-state index contributed by atoms with van der Waals surface area (Å²) in [7, 11) is 0. The van der Waals surface area contributed by atoms with Crippen molar-refractivity contribution in [2.75, 3.05) is 0 Å². The molecule has 2 rings (SSSR count). The zero-order valence-corrected chi connectivity index (χ0v) is 6.45. The first kappa shape index (κ1) is 6.42. The van der Waals surface area contributed by atoms with Crippen molar-refractivity contribution >= 4 is 11.5 Å². The number of rotatable bonds is 1. The summed E-state index contributed by atoms with van der Waals surface area (Å²) in [6, 6.07) is 3.83. The van der Waals surface area contributed by atoms with Gasteiger partial charge < -0.3 is 0 Å². The van der Waals surface area contributed by atoms with E-state index < -0.39 is 0 Å². The predicted octanol–water partition coefficient (Wildman–Crippen LogP) is 1.60. The molecule has 54 valence electrons. The van der Waals surface area contributed by atoms with Crippen LogP contribution >= 0.6 is 11.5 Å². The molecule has 3 nitrogen and oxygen atoms in total. The summed E-state index contributed by atoms with van der Waals surface area (Å²) in [5.41, 5.74) is 1.07. The van der Waals surface area contributed by atoms with Crippen LogP contribution in [0.2, 0.25) is 0 Å². The quantitative estimate of drug-likeness (QED) is 0.641. The van der Waals surface area contributed by atoms with Gasteiger partial charge in [-0.25, -0.2) is 4.98 Å². The summed E-state index contributed by atoms with van der Waals surface area (Å²) in [6.07, 6.45) is 5.05. The molecule has 2 heterocycles. The molecule has 0 amide bonds. The third-order valence-corrected chi connectivity index (χ3v) is 2.00. The smallest absolute Gasteiger partial charge is 0.143 e. The molecule has 2 aromatic heterocycles.